The first kappa shape index (κ1) is 20.6. The predicted molar refractivity (Wildman–Crippen MR) is 106 cm³/mol. The first-order chi connectivity index (χ1) is 13.7. The molecule has 2 saturated heterocycles. The number of hydrogen-bond acceptors (Lipinski definition) is 4. The molecule has 0 saturated carbocycles. The van der Waals surface area contributed by atoms with Gasteiger partial charge in [-0.05, 0) is 38.0 Å². The molecule has 4 atom stereocenters. The van der Waals surface area contributed by atoms with E-state index in [4.69, 9.17) is 4.74 Å². The second kappa shape index (κ2) is 7.85. The minimum Gasteiger partial charge on any atom is -0.368 e. The quantitative estimate of drug-likeness (QED) is 0.827. The van der Waals surface area contributed by atoms with E-state index in [2.05, 4.69) is 10.4 Å². The lowest BCUT2D eigenvalue weighted by Gasteiger charge is -2.41. The highest BCUT2D eigenvalue weighted by Gasteiger charge is 2.40. The average molecular weight is 411 g/mol. The van der Waals surface area contributed by atoms with Crippen LogP contribution in [0.2, 0.25) is 0 Å². The van der Waals surface area contributed by atoms with Crippen molar-refractivity contribution in [2.75, 3.05) is 25.0 Å². The lowest BCUT2D eigenvalue weighted by atomic mass is 9.85. The van der Waals surface area contributed by atoms with Gasteiger partial charge in [-0.1, -0.05) is 20.8 Å². The molecule has 162 valence electrons. The molecule has 8 heteroatoms. The van der Waals surface area contributed by atoms with Crippen LogP contribution in [-0.4, -0.2) is 58.9 Å². The fraction of sp³-hybridized carbons (Fsp3) is 0.810. The summed E-state index contributed by atoms with van der Waals surface area (Å²) in [5.41, 5.74) is 0.605. The SMILES string of the molecule is CC(C)(C)c1cc2n(n1)[C@@H](C(F)F)C[C@@H](C1CCCN(C(=O)C3CCCO3)C1)N2. The van der Waals surface area contributed by atoms with Gasteiger partial charge in [0.1, 0.15) is 18.0 Å². The van der Waals surface area contributed by atoms with Gasteiger partial charge < -0.3 is 15.0 Å². The smallest absolute Gasteiger partial charge is 0.260 e. The van der Waals surface area contributed by atoms with Gasteiger partial charge >= 0.3 is 0 Å². The van der Waals surface area contributed by atoms with Crippen molar-refractivity contribution < 1.29 is 18.3 Å². The second-order valence-corrected chi connectivity index (χ2v) is 9.69. The molecule has 0 spiro atoms. The Labute approximate surface area is 171 Å². The molecule has 2 unspecified atom stereocenters. The van der Waals surface area contributed by atoms with Crippen LogP contribution in [0.4, 0.5) is 14.6 Å². The van der Waals surface area contributed by atoms with Crippen LogP contribution >= 0.6 is 0 Å². The van der Waals surface area contributed by atoms with Crippen LogP contribution in [0.3, 0.4) is 0 Å². The van der Waals surface area contributed by atoms with Gasteiger partial charge in [-0.3, -0.25) is 4.79 Å². The van der Waals surface area contributed by atoms with Crippen molar-refractivity contribution in [2.24, 2.45) is 5.92 Å². The number of nitrogens with one attached hydrogen (secondary N) is 1. The number of piperidine rings is 1. The van der Waals surface area contributed by atoms with E-state index >= 15 is 0 Å². The number of rotatable bonds is 3. The van der Waals surface area contributed by atoms with Gasteiger partial charge in [-0.15, -0.1) is 0 Å². The minimum absolute atomic E-state index is 0.0634. The molecule has 1 aromatic rings. The van der Waals surface area contributed by atoms with Crippen molar-refractivity contribution in [3.05, 3.63) is 11.8 Å². The highest BCUT2D eigenvalue weighted by Crippen LogP contribution is 2.38. The molecule has 29 heavy (non-hydrogen) atoms. The molecule has 0 bridgehead atoms. The van der Waals surface area contributed by atoms with Crippen LogP contribution < -0.4 is 5.32 Å². The highest BCUT2D eigenvalue weighted by atomic mass is 19.3. The van der Waals surface area contributed by atoms with Crippen LogP contribution in [0.5, 0.6) is 0 Å². The summed E-state index contributed by atoms with van der Waals surface area (Å²) in [5.74, 6) is 0.879. The first-order valence-electron chi connectivity index (χ1n) is 10.8. The van der Waals surface area contributed by atoms with Crippen molar-refractivity contribution in [1.29, 1.82) is 0 Å². The fourth-order valence-electron chi connectivity index (χ4n) is 4.76. The summed E-state index contributed by atoms with van der Waals surface area (Å²) in [6, 6.07) is 0.877. The van der Waals surface area contributed by atoms with Crippen LogP contribution in [0.1, 0.15) is 64.6 Å². The lowest BCUT2D eigenvalue weighted by molar-refractivity contribution is -0.143. The fourth-order valence-corrected chi connectivity index (χ4v) is 4.76. The van der Waals surface area contributed by atoms with E-state index in [0.29, 0.717) is 25.4 Å². The largest absolute Gasteiger partial charge is 0.368 e. The molecular weight excluding hydrogens is 378 g/mol. The number of hydrogen-bond donors (Lipinski definition) is 1. The Hall–Kier alpha value is -1.70. The maximum atomic E-state index is 13.9. The summed E-state index contributed by atoms with van der Waals surface area (Å²) in [6.45, 7) is 8.08. The first-order valence-corrected chi connectivity index (χ1v) is 10.8. The van der Waals surface area contributed by atoms with Crippen molar-refractivity contribution in [1.82, 2.24) is 14.7 Å². The van der Waals surface area contributed by atoms with Crippen LogP contribution in [0.15, 0.2) is 6.07 Å². The number of amides is 1. The Balaban J connectivity index is 1.51. The summed E-state index contributed by atoms with van der Waals surface area (Å²) in [6.07, 6.45) is 1.06. The standard InChI is InChI=1S/C21H32F2N4O2/c1-21(2,3)17-11-18-24-14(10-15(19(22)23)27(18)25-17)13-6-4-8-26(12-13)20(28)16-7-5-9-29-16/h11,13-16,19,24H,4-10,12H2,1-3H3/t13?,14-,15+,16?/m0/s1. The Morgan fingerprint density at radius 2 is 2.10 bits per heavy atom. The number of carbonyl (C=O) groups excluding carboxylic acids is 1. The van der Waals surface area contributed by atoms with Crippen LogP contribution in [0, 0.1) is 5.92 Å². The molecule has 1 N–H and O–H groups in total. The van der Waals surface area contributed by atoms with Crippen molar-refractivity contribution in [2.45, 2.75) is 82.9 Å². The van der Waals surface area contributed by atoms with Gasteiger partial charge in [0.15, 0.2) is 0 Å². The van der Waals surface area contributed by atoms with Gasteiger partial charge in [0, 0.05) is 37.2 Å². The maximum Gasteiger partial charge on any atom is 0.260 e. The van der Waals surface area contributed by atoms with Gasteiger partial charge in [0.05, 0.1) is 5.69 Å². The van der Waals surface area contributed by atoms with E-state index in [1.807, 2.05) is 31.7 Å². The number of aromatic nitrogens is 2. The minimum atomic E-state index is -2.47. The Kier molecular flexibility index (Phi) is 5.57. The van der Waals surface area contributed by atoms with Gasteiger partial charge in [0.25, 0.3) is 12.3 Å². The zero-order valence-corrected chi connectivity index (χ0v) is 17.5. The monoisotopic (exact) mass is 410 g/mol. The normalized spacial score (nSPS) is 30.3. The molecule has 0 aromatic carbocycles. The van der Waals surface area contributed by atoms with E-state index in [0.717, 1.165) is 37.9 Å². The van der Waals surface area contributed by atoms with Crippen LogP contribution in [-0.2, 0) is 14.9 Å². The summed E-state index contributed by atoms with van der Waals surface area (Å²) in [7, 11) is 0. The number of anilines is 1. The second-order valence-electron chi connectivity index (χ2n) is 9.69. The van der Waals surface area contributed by atoms with E-state index in [9.17, 15) is 13.6 Å². The average Bonchev–Trinajstić information content (AvgIpc) is 3.36. The number of likely N-dealkylation sites (tertiary alicyclic amines) is 1. The molecule has 3 aliphatic rings. The van der Waals surface area contributed by atoms with E-state index in [-0.39, 0.29) is 29.4 Å². The van der Waals surface area contributed by atoms with E-state index < -0.39 is 12.5 Å². The lowest BCUT2D eigenvalue weighted by Crippen LogP contribution is -2.50. The molecule has 0 aliphatic carbocycles. The Morgan fingerprint density at radius 1 is 1.31 bits per heavy atom. The molecule has 6 nitrogen and oxygen atoms in total. The Bertz CT molecular complexity index is 740. The third-order valence-electron chi connectivity index (χ3n) is 6.48. The highest BCUT2D eigenvalue weighted by molar-refractivity contribution is 5.81. The maximum absolute atomic E-state index is 13.9. The number of fused-ring (bicyclic) bond motifs is 1. The van der Waals surface area contributed by atoms with Crippen molar-refractivity contribution in [3.8, 4) is 0 Å². The zero-order valence-electron chi connectivity index (χ0n) is 17.5. The molecule has 1 amide bonds. The van der Waals surface area contributed by atoms with Crippen LogP contribution in [0.25, 0.3) is 0 Å². The number of carbonyl (C=O) groups is 1. The molecule has 3 aliphatic heterocycles. The molecule has 2 fully saturated rings. The molecule has 4 heterocycles. The van der Waals surface area contributed by atoms with Gasteiger partial charge in [-0.2, -0.15) is 5.10 Å². The van der Waals surface area contributed by atoms with Crippen molar-refractivity contribution in [3.63, 3.8) is 0 Å². The van der Waals surface area contributed by atoms with Gasteiger partial charge in [-0.25, -0.2) is 13.5 Å². The number of halogens is 2. The summed E-state index contributed by atoms with van der Waals surface area (Å²) in [4.78, 5) is 14.6. The molecule has 4 rings (SSSR count). The number of nitrogens with zero attached hydrogens (tertiary/aromatic N) is 3. The number of ether oxygens (including phenoxy) is 1. The van der Waals surface area contributed by atoms with Crippen molar-refractivity contribution >= 4 is 11.7 Å². The molecule has 1 aromatic heterocycles. The summed E-state index contributed by atoms with van der Waals surface area (Å²) in [5, 5.41) is 7.96. The summed E-state index contributed by atoms with van der Waals surface area (Å²) < 4.78 is 34.8. The zero-order chi connectivity index (χ0) is 20.8. The van der Waals surface area contributed by atoms with E-state index in [1.165, 1.54) is 4.68 Å². The molecule has 0 radical (unpaired) electrons. The third-order valence-corrected chi connectivity index (χ3v) is 6.48. The number of alkyl halides is 2. The summed E-state index contributed by atoms with van der Waals surface area (Å²) >= 11 is 0. The van der Waals surface area contributed by atoms with Gasteiger partial charge in [0.2, 0.25) is 0 Å². The van der Waals surface area contributed by atoms with E-state index in [1.54, 1.807) is 0 Å². The topological polar surface area (TPSA) is 59.4 Å². The molecular formula is C21H32F2N4O2. The Morgan fingerprint density at radius 3 is 2.76 bits per heavy atom. The predicted octanol–water partition coefficient (Wildman–Crippen LogP) is 3.59. The third kappa shape index (κ3) is 4.13.